The fraction of sp³-hybridized carbons (Fsp3) is 0.357. The van der Waals surface area contributed by atoms with Crippen molar-refractivity contribution in [1.82, 2.24) is 19.8 Å². The number of rotatable bonds is 7. The maximum Gasteiger partial charge on any atom is 0.258 e. The lowest BCUT2D eigenvalue weighted by Gasteiger charge is -2.29. The van der Waals surface area contributed by atoms with Crippen LogP contribution in [-0.4, -0.2) is 40.6 Å². The third-order valence-corrected chi connectivity index (χ3v) is 7.09. The summed E-state index contributed by atoms with van der Waals surface area (Å²) in [6.45, 7) is 3.53. The largest absolute Gasteiger partial charge is 0.487 e. The van der Waals surface area contributed by atoms with Gasteiger partial charge in [-0.25, -0.2) is 0 Å². The zero-order chi connectivity index (χ0) is 24.2. The minimum Gasteiger partial charge on any atom is -0.487 e. The van der Waals surface area contributed by atoms with Crippen molar-refractivity contribution in [2.45, 2.75) is 44.9 Å². The molecule has 0 unspecified atom stereocenters. The number of aromatic nitrogens is 2. The monoisotopic (exact) mass is 490 g/mol. The van der Waals surface area contributed by atoms with Gasteiger partial charge in [0.15, 0.2) is 0 Å². The third-order valence-electron chi connectivity index (χ3n) is 6.87. The third kappa shape index (κ3) is 6.01. The summed E-state index contributed by atoms with van der Waals surface area (Å²) in [6, 6.07) is 14.2. The maximum atomic E-state index is 12.8. The highest BCUT2D eigenvalue weighted by Crippen LogP contribution is 2.27. The molecule has 3 heterocycles. The summed E-state index contributed by atoms with van der Waals surface area (Å²) in [4.78, 5) is 19.4. The Bertz CT molecular complexity index is 1260. The number of benzene rings is 1. The number of hydrogen-bond acceptors (Lipinski definition) is 5. The Morgan fingerprint density at radius 3 is 2.74 bits per heavy atom. The van der Waals surface area contributed by atoms with Gasteiger partial charge in [0.1, 0.15) is 12.4 Å². The van der Waals surface area contributed by atoms with Crippen molar-refractivity contribution >= 4 is 23.4 Å². The van der Waals surface area contributed by atoms with Crippen molar-refractivity contribution < 1.29 is 4.74 Å². The summed E-state index contributed by atoms with van der Waals surface area (Å²) in [7, 11) is 2.19. The topological polar surface area (TPSA) is 59.4 Å². The van der Waals surface area contributed by atoms with Crippen LogP contribution in [0.5, 0.6) is 5.75 Å². The molecule has 1 aromatic carbocycles. The van der Waals surface area contributed by atoms with Crippen molar-refractivity contribution in [2.24, 2.45) is 0 Å². The van der Waals surface area contributed by atoms with E-state index in [-0.39, 0.29) is 12.2 Å². The first-order valence-electron chi connectivity index (χ1n) is 12.2. The summed E-state index contributed by atoms with van der Waals surface area (Å²) < 4.78 is 7.46. The highest BCUT2D eigenvalue weighted by Gasteiger charge is 2.17. The molecule has 1 aliphatic carbocycles. The highest BCUT2D eigenvalue weighted by molar-refractivity contribution is 6.30. The normalized spacial score (nSPS) is 16.6. The molecule has 1 fully saturated rings. The predicted molar refractivity (Wildman–Crippen MR) is 141 cm³/mol. The molecule has 2 aromatic heterocycles. The van der Waals surface area contributed by atoms with Crippen LogP contribution in [0, 0.1) is 0 Å². The minimum atomic E-state index is -0.0970. The van der Waals surface area contributed by atoms with E-state index in [1.54, 1.807) is 23.0 Å². The fourth-order valence-electron chi connectivity index (χ4n) is 4.74. The second-order valence-corrected chi connectivity index (χ2v) is 9.89. The molecule has 7 heteroatoms. The molecule has 6 nitrogen and oxygen atoms in total. The second kappa shape index (κ2) is 10.8. The quantitative estimate of drug-likeness (QED) is 0.524. The molecule has 0 radical (unpaired) electrons. The number of hydrogen-bond donors (Lipinski definition) is 1. The molecule has 35 heavy (non-hydrogen) atoms. The van der Waals surface area contributed by atoms with E-state index in [1.165, 1.54) is 48.7 Å². The van der Waals surface area contributed by atoms with Gasteiger partial charge in [-0.1, -0.05) is 29.8 Å². The van der Waals surface area contributed by atoms with Crippen LogP contribution in [0.3, 0.4) is 0 Å². The van der Waals surface area contributed by atoms with E-state index in [2.05, 4.69) is 46.5 Å². The molecule has 0 spiro atoms. The zero-order valence-corrected chi connectivity index (χ0v) is 20.8. The van der Waals surface area contributed by atoms with Crippen LogP contribution in [0.15, 0.2) is 59.7 Å². The maximum absolute atomic E-state index is 12.8. The lowest BCUT2D eigenvalue weighted by molar-refractivity contribution is 0.234. The molecule has 0 bridgehead atoms. The van der Waals surface area contributed by atoms with Crippen LogP contribution < -0.4 is 15.6 Å². The van der Waals surface area contributed by atoms with Crippen LogP contribution in [0.25, 0.3) is 11.8 Å². The molecule has 3 aromatic rings. The molecule has 1 aliphatic heterocycles. The highest BCUT2D eigenvalue weighted by atomic mass is 35.5. The van der Waals surface area contributed by atoms with Crippen molar-refractivity contribution in [3.05, 3.63) is 92.6 Å². The first-order valence-corrected chi connectivity index (χ1v) is 12.6. The average molecular weight is 491 g/mol. The molecule has 0 amide bonds. The lowest BCUT2D eigenvalue weighted by atomic mass is 9.93. The molecule has 182 valence electrons. The number of fused-ring (bicyclic) bond motifs is 1. The average Bonchev–Trinajstić information content (AvgIpc) is 2.88. The Labute approximate surface area is 211 Å². The van der Waals surface area contributed by atoms with Gasteiger partial charge in [0.25, 0.3) is 5.56 Å². The Morgan fingerprint density at radius 2 is 1.97 bits per heavy atom. The number of nitrogens with one attached hydrogen (secondary N) is 1. The molecular weight excluding hydrogens is 460 g/mol. The summed E-state index contributed by atoms with van der Waals surface area (Å²) in [5.41, 5.74) is 5.53. The van der Waals surface area contributed by atoms with Crippen molar-refractivity contribution in [1.29, 1.82) is 0 Å². The number of likely N-dealkylation sites (tertiary alicyclic amines) is 1. The fourth-order valence-corrected chi connectivity index (χ4v) is 4.85. The van der Waals surface area contributed by atoms with Gasteiger partial charge in [-0.15, -0.1) is 0 Å². The zero-order valence-electron chi connectivity index (χ0n) is 20.0. The summed E-state index contributed by atoms with van der Waals surface area (Å²) >= 11 is 5.87. The standard InChI is InChI=1S/C28H31ClN4O2/c1-32-11-8-24(9-12-32)30-17-20-2-3-22-15-26(7-4-21(22)14-20)33-13-10-27(16-28(33)34)35-19-25-6-5-23(29)18-31-25/h2-3,5-6,10,13-16,18,24,30H,4,7-9,11-12,17,19H2,1H3. The predicted octanol–water partition coefficient (Wildman–Crippen LogP) is 4.60. The number of ether oxygens (including phenoxy) is 1. The Morgan fingerprint density at radius 1 is 1.11 bits per heavy atom. The molecular formula is C28H31ClN4O2. The number of nitrogens with zero attached hydrogens (tertiary/aromatic N) is 3. The second-order valence-electron chi connectivity index (χ2n) is 9.45. The van der Waals surface area contributed by atoms with E-state index in [0.717, 1.165) is 30.8 Å². The summed E-state index contributed by atoms with van der Waals surface area (Å²) in [5, 5.41) is 4.31. The molecule has 2 aliphatic rings. The van der Waals surface area contributed by atoms with Crippen LogP contribution in [0.1, 0.15) is 41.6 Å². The van der Waals surface area contributed by atoms with Gasteiger partial charge in [-0.2, -0.15) is 0 Å². The van der Waals surface area contributed by atoms with Gasteiger partial charge in [-0.05, 0) is 86.8 Å². The Kier molecular flexibility index (Phi) is 7.32. The van der Waals surface area contributed by atoms with Crippen molar-refractivity contribution in [2.75, 3.05) is 20.1 Å². The lowest BCUT2D eigenvalue weighted by Crippen LogP contribution is -2.40. The molecule has 1 saturated heterocycles. The Balaban J connectivity index is 1.22. The van der Waals surface area contributed by atoms with E-state index in [9.17, 15) is 4.79 Å². The first kappa shape index (κ1) is 23.8. The van der Waals surface area contributed by atoms with E-state index in [4.69, 9.17) is 16.3 Å². The summed E-state index contributed by atoms with van der Waals surface area (Å²) in [5.74, 6) is 0.529. The van der Waals surface area contributed by atoms with Crippen molar-refractivity contribution in [3.63, 3.8) is 0 Å². The first-order chi connectivity index (χ1) is 17.0. The van der Waals surface area contributed by atoms with E-state index in [1.807, 2.05) is 12.1 Å². The van der Waals surface area contributed by atoms with Crippen LogP contribution in [-0.2, 0) is 19.6 Å². The van der Waals surface area contributed by atoms with Gasteiger partial charge in [0.2, 0.25) is 0 Å². The molecule has 5 rings (SSSR count). The van der Waals surface area contributed by atoms with Gasteiger partial charge in [0, 0.05) is 36.7 Å². The number of aryl methyl sites for hydroxylation is 1. The molecule has 0 atom stereocenters. The minimum absolute atomic E-state index is 0.0970. The van der Waals surface area contributed by atoms with Gasteiger partial charge in [-0.3, -0.25) is 14.3 Å². The molecule has 1 N–H and O–H groups in total. The number of allylic oxidation sites excluding steroid dienone is 1. The molecule has 0 saturated carbocycles. The van der Waals surface area contributed by atoms with Crippen LogP contribution in [0.4, 0.5) is 0 Å². The van der Waals surface area contributed by atoms with Crippen LogP contribution >= 0.6 is 11.6 Å². The van der Waals surface area contributed by atoms with E-state index in [0.29, 0.717) is 16.8 Å². The van der Waals surface area contributed by atoms with Crippen LogP contribution in [0.2, 0.25) is 5.02 Å². The number of piperidine rings is 1. The van der Waals surface area contributed by atoms with Gasteiger partial charge in [0.05, 0.1) is 10.7 Å². The number of halogens is 1. The van der Waals surface area contributed by atoms with Crippen molar-refractivity contribution in [3.8, 4) is 5.75 Å². The SMILES string of the molecule is CN1CCC(NCc2ccc3c(c2)CCC(n2ccc(OCc4ccc(Cl)cn4)cc2=O)=C3)CC1. The summed E-state index contributed by atoms with van der Waals surface area (Å²) in [6.07, 6.45) is 9.69. The van der Waals surface area contributed by atoms with Gasteiger partial charge < -0.3 is 15.0 Å². The smallest absolute Gasteiger partial charge is 0.258 e. The number of pyridine rings is 2. The van der Waals surface area contributed by atoms with E-state index < -0.39 is 0 Å². The Hall–Kier alpha value is -2.93. The van der Waals surface area contributed by atoms with E-state index >= 15 is 0 Å². The van der Waals surface area contributed by atoms with Gasteiger partial charge >= 0.3 is 0 Å².